The minimum absolute atomic E-state index is 0. The Morgan fingerprint density at radius 3 is 2.77 bits per heavy atom. The van der Waals surface area contributed by atoms with Crippen molar-refractivity contribution in [1.29, 1.82) is 0 Å². The Hall–Kier alpha value is -1.26. The van der Waals surface area contributed by atoms with E-state index < -0.39 is 0 Å². The van der Waals surface area contributed by atoms with Gasteiger partial charge in [-0.3, -0.25) is 4.79 Å². The van der Waals surface area contributed by atoms with Crippen molar-refractivity contribution in [2.45, 2.75) is 70.0 Å². The van der Waals surface area contributed by atoms with Crippen LogP contribution < -0.4 is 11.1 Å². The molecule has 1 amide bonds. The predicted octanol–water partition coefficient (Wildman–Crippen LogP) is 4.11. The maximum absolute atomic E-state index is 13.4. The minimum atomic E-state index is 0. The highest BCUT2D eigenvalue weighted by atomic mass is 35.5. The van der Waals surface area contributed by atoms with Crippen LogP contribution in [-0.2, 0) is 4.79 Å². The van der Waals surface area contributed by atoms with E-state index in [2.05, 4.69) is 41.4 Å². The number of nitrogens with one attached hydrogen (secondary N) is 1. The maximum atomic E-state index is 13.4. The van der Waals surface area contributed by atoms with Gasteiger partial charge in [0.2, 0.25) is 5.91 Å². The van der Waals surface area contributed by atoms with Gasteiger partial charge in [-0.15, -0.1) is 12.4 Å². The molecule has 0 bridgehead atoms. The highest BCUT2D eigenvalue weighted by molar-refractivity contribution is 5.85. The van der Waals surface area contributed by atoms with Gasteiger partial charge in [-0.25, -0.2) is 0 Å². The van der Waals surface area contributed by atoms with E-state index in [0.717, 1.165) is 32.2 Å². The highest BCUT2D eigenvalue weighted by Crippen LogP contribution is 2.48. The summed E-state index contributed by atoms with van der Waals surface area (Å²) in [6.07, 6.45) is 7.71. The lowest BCUT2D eigenvalue weighted by atomic mass is 9.80. The number of anilines is 1. The second kappa shape index (κ2) is 8.18. The van der Waals surface area contributed by atoms with E-state index >= 15 is 0 Å². The lowest BCUT2D eigenvalue weighted by molar-refractivity contribution is -0.138. The smallest absolute Gasteiger partial charge is 0.227 e. The Labute approximate surface area is 163 Å². The summed E-state index contributed by atoms with van der Waals surface area (Å²) in [7, 11) is 0. The number of fused-ring (bicyclic) bond motifs is 3. The van der Waals surface area contributed by atoms with Crippen molar-refractivity contribution in [2.24, 2.45) is 17.6 Å². The first kappa shape index (κ1) is 19.5. The SMILES string of the molecule is CCC[C@H]1Nc2ccccc2[C@H]2[C@@H]1CCN2C(=O)[C@H]1CCCC[C@H]1N.Cl. The zero-order chi connectivity index (χ0) is 17.4. The van der Waals surface area contributed by atoms with Crippen molar-refractivity contribution in [1.82, 2.24) is 4.90 Å². The van der Waals surface area contributed by atoms with Crippen LogP contribution in [0.3, 0.4) is 0 Å². The molecule has 2 aliphatic heterocycles. The molecule has 3 aliphatic rings. The molecule has 0 radical (unpaired) electrons. The van der Waals surface area contributed by atoms with Gasteiger partial charge in [-0.1, -0.05) is 44.4 Å². The topological polar surface area (TPSA) is 58.4 Å². The van der Waals surface area contributed by atoms with E-state index in [4.69, 9.17) is 5.73 Å². The number of hydrogen-bond acceptors (Lipinski definition) is 3. The third kappa shape index (κ3) is 3.34. The summed E-state index contributed by atoms with van der Waals surface area (Å²) in [5.74, 6) is 0.865. The first-order chi connectivity index (χ1) is 12.2. The van der Waals surface area contributed by atoms with E-state index in [1.807, 2.05) is 0 Å². The fourth-order valence-corrected chi connectivity index (χ4v) is 5.35. The first-order valence-electron chi connectivity index (χ1n) is 10.1. The number of likely N-dealkylation sites (tertiary alicyclic amines) is 1. The maximum Gasteiger partial charge on any atom is 0.227 e. The second-order valence-electron chi connectivity index (χ2n) is 8.11. The molecule has 0 aromatic heterocycles. The molecule has 5 heteroatoms. The van der Waals surface area contributed by atoms with Gasteiger partial charge in [0.25, 0.3) is 0 Å². The Balaban J connectivity index is 0.00000196. The van der Waals surface area contributed by atoms with Gasteiger partial charge in [-0.05, 0) is 37.3 Å². The molecule has 0 unspecified atom stereocenters. The molecule has 1 aromatic carbocycles. The zero-order valence-corrected chi connectivity index (χ0v) is 16.5. The minimum Gasteiger partial charge on any atom is -0.382 e. The standard InChI is InChI=1S/C21H31N3O.ClH/c1-2-7-18-16-12-13-24(21(25)14-8-3-5-10-17(14)22)20(16)15-9-4-6-11-19(15)23-18;/h4,6,9,11,14,16-18,20,23H,2-3,5,7-8,10,12-13,22H2,1H3;1H/t14-,16+,17+,18+,20-;/m0./s1. The number of benzene rings is 1. The molecule has 0 spiro atoms. The van der Waals surface area contributed by atoms with E-state index in [1.165, 1.54) is 30.5 Å². The van der Waals surface area contributed by atoms with Gasteiger partial charge in [-0.2, -0.15) is 0 Å². The van der Waals surface area contributed by atoms with Gasteiger partial charge < -0.3 is 16.0 Å². The third-order valence-electron chi connectivity index (χ3n) is 6.60. The quantitative estimate of drug-likeness (QED) is 0.833. The van der Waals surface area contributed by atoms with Crippen LogP contribution >= 0.6 is 12.4 Å². The number of amides is 1. The van der Waals surface area contributed by atoms with Crippen LogP contribution in [0, 0.1) is 11.8 Å². The largest absolute Gasteiger partial charge is 0.382 e. The van der Waals surface area contributed by atoms with E-state index in [-0.39, 0.29) is 30.4 Å². The highest BCUT2D eigenvalue weighted by Gasteiger charge is 2.47. The normalized spacial score (nSPS) is 32.8. The molecule has 1 saturated heterocycles. The van der Waals surface area contributed by atoms with Crippen molar-refractivity contribution < 1.29 is 4.79 Å². The summed E-state index contributed by atoms with van der Waals surface area (Å²) in [4.78, 5) is 15.5. The predicted molar refractivity (Wildman–Crippen MR) is 109 cm³/mol. The number of carbonyl (C=O) groups is 1. The first-order valence-corrected chi connectivity index (χ1v) is 10.1. The van der Waals surface area contributed by atoms with Crippen LogP contribution in [0.15, 0.2) is 24.3 Å². The average Bonchev–Trinajstić information content (AvgIpc) is 3.07. The number of hydrogen-bond donors (Lipinski definition) is 2. The fourth-order valence-electron chi connectivity index (χ4n) is 5.35. The summed E-state index contributed by atoms with van der Waals surface area (Å²) in [6, 6.07) is 9.32. The molecule has 1 aromatic rings. The fraction of sp³-hybridized carbons (Fsp3) is 0.667. The molecular formula is C21H32ClN3O. The molecule has 26 heavy (non-hydrogen) atoms. The molecule has 3 N–H and O–H groups in total. The van der Waals surface area contributed by atoms with Crippen LogP contribution in [0.25, 0.3) is 0 Å². The average molecular weight is 378 g/mol. The summed E-state index contributed by atoms with van der Waals surface area (Å²) in [6.45, 7) is 3.13. The Morgan fingerprint density at radius 1 is 1.23 bits per heavy atom. The Kier molecular flexibility index (Phi) is 6.13. The molecule has 2 heterocycles. The number of halogens is 1. The molecule has 5 atom stereocenters. The van der Waals surface area contributed by atoms with Gasteiger partial charge >= 0.3 is 0 Å². The van der Waals surface area contributed by atoms with Crippen LogP contribution in [0.2, 0.25) is 0 Å². The van der Waals surface area contributed by atoms with E-state index in [9.17, 15) is 4.79 Å². The molecule has 4 rings (SSSR count). The molecule has 2 fully saturated rings. The summed E-state index contributed by atoms with van der Waals surface area (Å²) >= 11 is 0. The van der Waals surface area contributed by atoms with Crippen molar-refractivity contribution in [3.05, 3.63) is 29.8 Å². The number of nitrogens with zero attached hydrogens (tertiary/aromatic N) is 1. The summed E-state index contributed by atoms with van der Waals surface area (Å²) in [5.41, 5.74) is 8.84. The molecule has 144 valence electrons. The number of carbonyl (C=O) groups excluding carboxylic acids is 1. The molecule has 4 nitrogen and oxygen atoms in total. The number of nitrogens with two attached hydrogens (primary N) is 1. The molecular weight excluding hydrogens is 346 g/mol. The summed E-state index contributed by atoms with van der Waals surface area (Å²) in [5, 5.41) is 3.75. The summed E-state index contributed by atoms with van der Waals surface area (Å²) < 4.78 is 0. The third-order valence-corrected chi connectivity index (χ3v) is 6.60. The van der Waals surface area contributed by atoms with Crippen LogP contribution in [-0.4, -0.2) is 29.4 Å². The van der Waals surface area contributed by atoms with Crippen molar-refractivity contribution in [2.75, 3.05) is 11.9 Å². The van der Waals surface area contributed by atoms with Crippen molar-refractivity contribution >= 4 is 24.0 Å². The zero-order valence-electron chi connectivity index (χ0n) is 15.7. The Morgan fingerprint density at radius 2 is 2.00 bits per heavy atom. The molecule has 1 aliphatic carbocycles. The lowest BCUT2D eigenvalue weighted by Gasteiger charge is -2.41. The van der Waals surface area contributed by atoms with Gasteiger partial charge in [0, 0.05) is 30.2 Å². The second-order valence-corrected chi connectivity index (χ2v) is 8.11. The lowest BCUT2D eigenvalue weighted by Crippen LogP contribution is -2.47. The monoisotopic (exact) mass is 377 g/mol. The van der Waals surface area contributed by atoms with E-state index in [1.54, 1.807) is 0 Å². The van der Waals surface area contributed by atoms with Gasteiger partial charge in [0.15, 0.2) is 0 Å². The Bertz CT molecular complexity index is 637. The number of rotatable bonds is 3. The van der Waals surface area contributed by atoms with Crippen molar-refractivity contribution in [3.8, 4) is 0 Å². The van der Waals surface area contributed by atoms with Crippen LogP contribution in [0.1, 0.15) is 63.5 Å². The van der Waals surface area contributed by atoms with Crippen LogP contribution in [0.5, 0.6) is 0 Å². The number of para-hydroxylation sites is 1. The van der Waals surface area contributed by atoms with Gasteiger partial charge in [0.05, 0.1) is 12.0 Å². The van der Waals surface area contributed by atoms with Gasteiger partial charge in [0.1, 0.15) is 0 Å². The van der Waals surface area contributed by atoms with Crippen LogP contribution in [0.4, 0.5) is 5.69 Å². The molecule has 1 saturated carbocycles. The van der Waals surface area contributed by atoms with E-state index in [0.29, 0.717) is 17.9 Å². The van der Waals surface area contributed by atoms with Crippen molar-refractivity contribution in [3.63, 3.8) is 0 Å².